The fourth-order valence-electron chi connectivity index (χ4n) is 2.48. The molecule has 0 aliphatic carbocycles. The first-order valence-electron chi connectivity index (χ1n) is 8.13. The number of anilines is 1. The highest BCUT2D eigenvalue weighted by Crippen LogP contribution is 2.29. The summed E-state index contributed by atoms with van der Waals surface area (Å²) >= 11 is 2.87. The van der Waals surface area contributed by atoms with Crippen molar-refractivity contribution >= 4 is 34.1 Å². The summed E-state index contributed by atoms with van der Waals surface area (Å²) in [6, 6.07) is 4.31. The van der Waals surface area contributed by atoms with Crippen molar-refractivity contribution in [3.8, 4) is 11.3 Å². The third kappa shape index (κ3) is 4.50. The maximum Gasteiger partial charge on any atom is 0.236 e. The van der Waals surface area contributed by atoms with E-state index >= 15 is 0 Å². The van der Waals surface area contributed by atoms with Crippen LogP contribution < -0.4 is 5.32 Å². The van der Waals surface area contributed by atoms with Gasteiger partial charge >= 0.3 is 0 Å². The van der Waals surface area contributed by atoms with E-state index in [1.165, 1.54) is 39.8 Å². The quantitative estimate of drug-likeness (QED) is 0.678. The molecule has 26 heavy (non-hydrogen) atoms. The monoisotopic (exact) mass is 388 g/mol. The molecule has 0 bridgehead atoms. The standard InChI is InChI=1S/C18H20N4O2S2/c1-10-5-12(3)14(6-11(10)2)15-7-26-18(20-15)21-17(23)9-25-8-16-19-13(4)24-22-16/h5-7H,8-9H2,1-4H3,(H,20,21,23). The van der Waals surface area contributed by atoms with Crippen LogP contribution in [0.25, 0.3) is 11.3 Å². The van der Waals surface area contributed by atoms with Crippen LogP contribution in [0.4, 0.5) is 5.13 Å². The Labute approximate surface area is 160 Å². The van der Waals surface area contributed by atoms with Gasteiger partial charge in [-0.1, -0.05) is 11.2 Å². The van der Waals surface area contributed by atoms with E-state index in [0.29, 0.717) is 28.4 Å². The number of hydrogen-bond acceptors (Lipinski definition) is 7. The highest BCUT2D eigenvalue weighted by atomic mass is 32.2. The summed E-state index contributed by atoms with van der Waals surface area (Å²) in [5.41, 5.74) is 5.68. The normalized spacial score (nSPS) is 10.9. The number of hydrogen-bond donors (Lipinski definition) is 1. The molecule has 6 nitrogen and oxygen atoms in total. The molecule has 2 aromatic heterocycles. The molecule has 0 saturated heterocycles. The van der Waals surface area contributed by atoms with Gasteiger partial charge < -0.3 is 9.84 Å². The predicted octanol–water partition coefficient (Wildman–Crippen LogP) is 4.30. The lowest BCUT2D eigenvalue weighted by atomic mass is 9.99. The summed E-state index contributed by atoms with van der Waals surface area (Å²) in [6.07, 6.45) is 0. The van der Waals surface area contributed by atoms with Crippen molar-refractivity contribution in [3.05, 3.63) is 45.9 Å². The van der Waals surface area contributed by atoms with Gasteiger partial charge in [0.15, 0.2) is 11.0 Å². The van der Waals surface area contributed by atoms with Gasteiger partial charge in [0.05, 0.1) is 17.2 Å². The van der Waals surface area contributed by atoms with E-state index in [9.17, 15) is 4.79 Å². The van der Waals surface area contributed by atoms with Gasteiger partial charge in [0.1, 0.15) is 0 Å². The van der Waals surface area contributed by atoms with Crippen molar-refractivity contribution in [2.75, 3.05) is 11.1 Å². The van der Waals surface area contributed by atoms with Crippen molar-refractivity contribution in [2.24, 2.45) is 0 Å². The second-order valence-electron chi connectivity index (χ2n) is 6.06. The Morgan fingerprint density at radius 1 is 1.15 bits per heavy atom. The first kappa shape index (κ1) is 18.6. The van der Waals surface area contributed by atoms with Crippen LogP contribution in [0.5, 0.6) is 0 Å². The highest BCUT2D eigenvalue weighted by Gasteiger charge is 2.11. The molecule has 1 amide bonds. The second-order valence-corrected chi connectivity index (χ2v) is 7.90. The van der Waals surface area contributed by atoms with Crippen molar-refractivity contribution in [2.45, 2.75) is 33.4 Å². The number of amides is 1. The number of thiazole rings is 1. The predicted molar refractivity (Wildman–Crippen MR) is 106 cm³/mol. The number of aromatic nitrogens is 3. The number of rotatable bonds is 6. The number of aryl methyl sites for hydroxylation is 4. The SMILES string of the molecule is Cc1nc(CSCC(=O)Nc2nc(-c3cc(C)c(C)cc3C)cs2)no1. The largest absolute Gasteiger partial charge is 0.340 e. The molecule has 2 heterocycles. The summed E-state index contributed by atoms with van der Waals surface area (Å²) in [5, 5.41) is 9.24. The number of carbonyl (C=O) groups excluding carboxylic acids is 1. The van der Waals surface area contributed by atoms with E-state index in [1.54, 1.807) is 6.92 Å². The molecule has 0 unspecified atom stereocenters. The first-order chi connectivity index (χ1) is 12.4. The Hall–Kier alpha value is -2.19. The second kappa shape index (κ2) is 8.01. The van der Waals surface area contributed by atoms with Gasteiger partial charge in [0.25, 0.3) is 0 Å². The maximum absolute atomic E-state index is 12.1. The van der Waals surface area contributed by atoms with E-state index in [0.717, 1.165) is 11.3 Å². The number of benzene rings is 1. The zero-order valence-corrected chi connectivity index (χ0v) is 16.8. The van der Waals surface area contributed by atoms with Crippen molar-refractivity contribution < 1.29 is 9.32 Å². The van der Waals surface area contributed by atoms with E-state index in [4.69, 9.17) is 4.52 Å². The molecule has 0 spiro atoms. The molecule has 1 aromatic carbocycles. The summed E-state index contributed by atoms with van der Waals surface area (Å²) < 4.78 is 4.90. The molecule has 0 aliphatic rings. The fraction of sp³-hybridized carbons (Fsp3) is 0.333. The average molecular weight is 389 g/mol. The lowest BCUT2D eigenvalue weighted by molar-refractivity contribution is -0.113. The van der Waals surface area contributed by atoms with Gasteiger partial charge in [-0.25, -0.2) is 4.98 Å². The molecule has 3 rings (SSSR count). The van der Waals surface area contributed by atoms with Crippen LogP contribution in [0.1, 0.15) is 28.4 Å². The third-order valence-electron chi connectivity index (χ3n) is 3.90. The van der Waals surface area contributed by atoms with Crippen LogP contribution in [-0.2, 0) is 10.5 Å². The van der Waals surface area contributed by atoms with Gasteiger partial charge in [-0.3, -0.25) is 4.79 Å². The summed E-state index contributed by atoms with van der Waals surface area (Å²) in [7, 11) is 0. The topological polar surface area (TPSA) is 80.9 Å². The van der Waals surface area contributed by atoms with Crippen molar-refractivity contribution in [1.82, 2.24) is 15.1 Å². The van der Waals surface area contributed by atoms with E-state index in [-0.39, 0.29) is 5.91 Å². The van der Waals surface area contributed by atoms with Crippen LogP contribution in [0.2, 0.25) is 0 Å². The minimum Gasteiger partial charge on any atom is -0.340 e. The molecule has 0 fully saturated rings. The Morgan fingerprint density at radius 2 is 1.92 bits per heavy atom. The molecule has 8 heteroatoms. The van der Waals surface area contributed by atoms with Gasteiger partial charge in [0.2, 0.25) is 11.8 Å². The first-order valence-corrected chi connectivity index (χ1v) is 10.2. The van der Waals surface area contributed by atoms with Crippen LogP contribution in [0.3, 0.4) is 0 Å². The lowest BCUT2D eigenvalue weighted by Crippen LogP contribution is -2.14. The molecule has 136 valence electrons. The summed E-state index contributed by atoms with van der Waals surface area (Å²) in [6.45, 7) is 8.02. The molecular weight excluding hydrogens is 368 g/mol. The number of carbonyl (C=O) groups is 1. The zero-order valence-electron chi connectivity index (χ0n) is 15.1. The Morgan fingerprint density at radius 3 is 2.65 bits per heavy atom. The van der Waals surface area contributed by atoms with Gasteiger partial charge in [0, 0.05) is 17.9 Å². The Balaban J connectivity index is 1.58. The molecule has 0 saturated carbocycles. The number of thioether (sulfide) groups is 1. The van der Waals surface area contributed by atoms with E-state index in [2.05, 4.69) is 53.3 Å². The summed E-state index contributed by atoms with van der Waals surface area (Å²) in [4.78, 5) is 20.8. The Bertz CT molecular complexity index is 933. The van der Waals surface area contributed by atoms with Crippen LogP contribution in [-0.4, -0.2) is 26.8 Å². The number of nitrogens with zero attached hydrogens (tertiary/aromatic N) is 3. The van der Waals surface area contributed by atoms with Crippen molar-refractivity contribution in [1.29, 1.82) is 0 Å². The fourth-order valence-corrected chi connectivity index (χ4v) is 3.87. The molecular formula is C18H20N4O2S2. The smallest absolute Gasteiger partial charge is 0.236 e. The van der Waals surface area contributed by atoms with Gasteiger partial charge in [-0.05, 0) is 43.5 Å². The summed E-state index contributed by atoms with van der Waals surface area (Å²) in [5.74, 6) is 1.89. The van der Waals surface area contributed by atoms with Crippen LogP contribution >= 0.6 is 23.1 Å². The lowest BCUT2D eigenvalue weighted by Gasteiger charge is -2.07. The molecule has 1 N–H and O–H groups in total. The molecule has 3 aromatic rings. The van der Waals surface area contributed by atoms with Crippen LogP contribution in [0, 0.1) is 27.7 Å². The maximum atomic E-state index is 12.1. The van der Waals surface area contributed by atoms with Gasteiger partial charge in [-0.2, -0.15) is 4.98 Å². The molecule has 0 aliphatic heterocycles. The average Bonchev–Trinajstić information content (AvgIpc) is 3.20. The molecule has 0 atom stereocenters. The minimum absolute atomic E-state index is 0.0899. The Kier molecular flexibility index (Phi) is 5.73. The highest BCUT2D eigenvalue weighted by molar-refractivity contribution is 7.99. The number of nitrogens with one attached hydrogen (secondary N) is 1. The van der Waals surface area contributed by atoms with Crippen LogP contribution in [0.15, 0.2) is 22.0 Å². The molecule has 0 radical (unpaired) electrons. The zero-order chi connectivity index (χ0) is 18.7. The van der Waals surface area contributed by atoms with E-state index < -0.39 is 0 Å². The van der Waals surface area contributed by atoms with Crippen molar-refractivity contribution in [3.63, 3.8) is 0 Å². The van der Waals surface area contributed by atoms with E-state index in [1.807, 2.05) is 5.38 Å². The minimum atomic E-state index is -0.0899. The van der Waals surface area contributed by atoms with Gasteiger partial charge in [-0.15, -0.1) is 23.1 Å². The third-order valence-corrected chi connectivity index (χ3v) is 5.59.